The van der Waals surface area contributed by atoms with Crippen molar-refractivity contribution in [1.29, 1.82) is 0 Å². The Morgan fingerprint density at radius 3 is 2.46 bits per heavy atom. The Bertz CT molecular complexity index is 628. The molecule has 1 heterocycles. The predicted octanol–water partition coefficient (Wildman–Crippen LogP) is 2.38. The summed E-state index contributed by atoms with van der Waals surface area (Å²) in [4.78, 5) is 26.7. The van der Waals surface area contributed by atoms with Crippen molar-refractivity contribution in [1.82, 2.24) is 15.6 Å². The maximum Gasteiger partial charge on any atom is 0.318 e. The van der Waals surface area contributed by atoms with Crippen LogP contribution in [0.4, 0.5) is 14.9 Å². The molecule has 1 saturated heterocycles. The smallest absolute Gasteiger partial charge is 0.318 e. The summed E-state index contributed by atoms with van der Waals surface area (Å²) in [6, 6.07) is 5.23. The van der Waals surface area contributed by atoms with Crippen LogP contribution in [0.5, 0.6) is 0 Å². The fourth-order valence-electron chi connectivity index (χ4n) is 3.05. The molecule has 3 N–H and O–H groups in total. The minimum atomic E-state index is -0.522. The lowest BCUT2D eigenvalue weighted by atomic mass is 10.0. The number of likely N-dealkylation sites (tertiary alicyclic amines) is 1. The van der Waals surface area contributed by atoms with Crippen molar-refractivity contribution in [3.05, 3.63) is 30.1 Å². The van der Waals surface area contributed by atoms with Gasteiger partial charge in [0, 0.05) is 11.6 Å². The molecule has 130 valence electrons. The number of carbonyl (C=O) groups is 2. The lowest BCUT2D eigenvalue weighted by Gasteiger charge is -2.35. The number of urea groups is 1. The Kier molecular flexibility index (Phi) is 4.34. The number of amides is 3. The van der Waals surface area contributed by atoms with E-state index in [0.29, 0.717) is 12.1 Å². The number of benzene rings is 1. The molecular formula is C17H23FN4O2. The highest BCUT2D eigenvalue weighted by atomic mass is 19.1. The first-order valence-corrected chi connectivity index (χ1v) is 8.28. The molecule has 1 aliphatic carbocycles. The monoisotopic (exact) mass is 334 g/mol. The molecule has 0 aromatic heterocycles. The van der Waals surface area contributed by atoms with Crippen LogP contribution in [-0.4, -0.2) is 34.5 Å². The lowest BCUT2D eigenvalue weighted by molar-refractivity contribution is -0.125. The van der Waals surface area contributed by atoms with Gasteiger partial charge in [-0.2, -0.15) is 0 Å². The van der Waals surface area contributed by atoms with Crippen LogP contribution in [0.15, 0.2) is 24.3 Å². The zero-order valence-electron chi connectivity index (χ0n) is 13.9. The van der Waals surface area contributed by atoms with Gasteiger partial charge in [0.25, 0.3) is 5.91 Å². The number of halogens is 1. The molecule has 3 rings (SSSR count). The number of hydrazine groups is 1. The molecule has 3 amide bonds. The van der Waals surface area contributed by atoms with Crippen molar-refractivity contribution in [3.63, 3.8) is 0 Å². The van der Waals surface area contributed by atoms with Gasteiger partial charge in [0.05, 0.1) is 5.69 Å². The van der Waals surface area contributed by atoms with Crippen molar-refractivity contribution < 1.29 is 14.0 Å². The molecule has 6 nitrogen and oxygen atoms in total. The first kappa shape index (κ1) is 16.5. The van der Waals surface area contributed by atoms with Crippen LogP contribution < -0.4 is 16.2 Å². The van der Waals surface area contributed by atoms with Gasteiger partial charge in [0.2, 0.25) is 0 Å². The molecule has 1 saturated carbocycles. The zero-order chi connectivity index (χ0) is 17.3. The highest BCUT2D eigenvalue weighted by Gasteiger charge is 2.46. The van der Waals surface area contributed by atoms with Gasteiger partial charge in [-0.05, 0) is 63.8 Å². The van der Waals surface area contributed by atoms with Crippen LogP contribution in [0, 0.1) is 5.82 Å². The predicted molar refractivity (Wildman–Crippen MR) is 88.7 cm³/mol. The Morgan fingerprint density at radius 1 is 1.17 bits per heavy atom. The summed E-state index contributed by atoms with van der Waals surface area (Å²) in [5.41, 5.74) is 5.60. The maximum absolute atomic E-state index is 12.9. The van der Waals surface area contributed by atoms with E-state index in [2.05, 4.69) is 16.2 Å². The molecular weight excluding hydrogens is 311 g/mol. The van der Waals surface area contributed by atoms with Gasteiger partial charge in [0.1, 0.15) is 11.9 Å². The van der Waals surface area contributed by atoms with E-state index in [4.69, 9.17) is 0 Å². The first-order chi connectivity index (χ1) is 11.4. The first-order valence-electron chi connectivity index (χ1n) is 8.28. The molecule has 1 aromatic carbocycles. The van der Waals surface area contributed by atoms with Crippen molar-refractivity contribution in [2.75, 3.05) is 5.43 Å². The summed E-state index contributed by atoms with van der Waals surface area (Å²) < 4.78 is 12.9. The van der Waals surface area contributed by atoms with Gasteiger partial charge in [-0.15, -0.1) is 0 Å². The van der Waals surface area contributed by atoms with E-state index in [-0.39, 0.29) is 29.3 Å². The minimum Gasteiger partial charge on any atom is -0.335 e. The third-order valence-electron chi connectivity index (χ3n) is 4.59. The molecule has 1 unspecified atom stereocenters. The molecule has 24 heavy (non-hydrogen) atoms. The third-order valence-corrected chi connectivity index (χ3v) is 4.59. The fourth-order valence-corrected chi connectivity index (χ4v) is 3.05. The summed E-state index contributed by atoms with van der Waals surface area (Å²) in [5, 5.41) is 2.96. The number of hydrogen-bond donors (Lipinski definition) is 3. The molecule has 1 atom stereocenters. The Morgan fingerprint density at radius 2 is 1.83 bits per heavy atom. The van der Waals surface area contributed by atoms with Crippen LogP contribution in [0.3, 0.4) is 0 Å². The molecule has 1 aromatic rings. The quantitative estimate of drug-likeness (QED) is 0.740. The number of nitrogens with zero attached hydrogens (tertiary/aromatic N) is 1. The molecule has 2 aliphatic rings. The number of anilines is 1. The van der Waals surface area contributed by atoms with Gasteiger partial charge in [-0.25, -0.2) is 9.18 Å². The molecule has 2 fully saturated rings. The summed E-state index contributed by atoms with van der Waals surface area (Å²) in [6.07, 6.45) is 3.38. The number of rotatable bonds is 4. The van der Waals surface area contributed by atoms with E-state index in [1.807, 2.05) is 13.8 Å². The van der Waals surface area contributed by atoms with Crippen LogP contribution in [-0.2, 0) is 4.79 Å². The highest BCUT2D eigenvalue weighted by Crippen LogP contribution is 2.34. The van der Waals surface area contributed by atoms with E-state index < -0.39 is 6.04 Å². The van der Waals surface area contributed by atoms with Gasteiger partial charge < -0.3 is 10.2 Å². The SMILES string of the molecule is CC1(C)CCC(C(=O)NNc2ccc(F)cc2)N1C(=O)NC1CC1. The van der Waals surface area contributed by atoms with Crippen molar-refractivity contribution in [2.24, 2.45) is 0 Å². The summed E-state index contributed by atoms with van der Waals surface area (Å²) in [7, 11) is 0. The average Bonchev–Trinajstić information content (AvgIpc) is 3.27. The van der Waals surface area contributed by atoms with E-state index in [1.165, 1.54) is 24.3 Å². The van der Waals surface area contributed by atoms with E-state index in [9.17, 15) is 14.0 Å². The molecule has 0 radical (unpaired) electrons. The third kappa shape index (κ3) is 3.60. The van der Waals surface area contributed by atoms with Crippen molar-refractivity contribution in [3.8, 4) is 0 Å². The minimum absolute atomic E-state index is 0.179. The standard InChI is InChI=1S/C17H23FN4O2/c1-17(2)10-9-14(22(17)16(24)19-12-7-8-12)15(23)21-20-13-5-3-11(18)4-6-13/h3-6,12,14,20H,7-10H2,1-2H3,(H,19,24)(H,21,23). The zero-order valence-corrected chi connectivity index (χ0v) is 13.9. The number of nitrogens with one attached hydrogen (secondary N) is 3. The van der Waals surface area contributed by atoms with E-state index in [0.717, 1.165) is 19.3 Å². The second-order valence-corrected chi connectivity index (χ2v) is 7.08. The Hall–Kier alpha value is -2.31. The highest BCUT2D eigenvalue weighted by molar-refractivity contribution is 5.89. The van der Waals surface area contributed by atoms with Gasteiger partial charge >= 0.3 is 6.03 Å². The number of carbonyl (C=O) groups excluding carboxylic acids is 2. The van der Waals surface area contributed by atoms with E-state index >= 15 is 0 Å². The van der Waals surface area contributed by atoms with Gasteiger partial charge in [-0.3, -0.25) is 15.6 Å². The van der Waals surface area contributed by atoms with Crippen LogP contribution in [0.1, 0.15) is 39.5 Å². The second kappa shape index (κ2) is 6.30. The number of hydrogen-bond acceptors (Lipinski definition) is 3. The van der Waals surface area contributed by atoms with Crippen LogP contribution >= 0.6 is 0 Å². The molecule has 0 bridgehead atoms. The molecule has 1 aliphatic heterocycles. The summed E-state index contributed by atoms with van der Waals surface area (Å²) >= 11 is 0. The molecule has 7 heteroatoms. The lowest BCUT2D eigenvalue weighted by Crippen LogP contribution is -2.56. The summed E-state index contributed by atoms with van der Waals surface area (Å²) in [5.74, 6) is -0.608. The summed E-state index contributed by atoms with van der Waals surface area (Å²) in [6.45, 7) is 3.94. The second-order valence-electron chi connectivity index (χ2n) is 7.08. The topological polar surface area (TPSA) is 73.5 Å². The van der Waals surface area contributed by atoms with E-state index in [1.54, 1.807) is 4.90 Å². The Labute approximate surface area is 140 Å². The Balaban J connectivity index is 1.63. The van der Waals surface area contributed by atoms with Crippen LogP contribution in [0.25, 0.3) is 0 Å². The van der Waals surface area contributed by atoms with Crippen molar-refractivity contribution >= 4 is 17.6 Å². The van der Waals surface area contributed by atoms with Gasteiger partial charge in [-0.1, -0.05) is 0 Å². The average molecular weight is 334 g/mol. The normalized spacial score (nSPS) is 22.1. The maximum atomic E-state index is 12.9. The van der Waals surface area contributed by atoms with Crippen molar-refractivity contribution in [2.45, 2.75) is 57.2 Å². The van der Waals surface area contributed by atoms with Gasteiger partial charge in [0.15, 0.2) is 0 Å². The van der Waals surface area contributed by atoms with Crippen LogP contribution in [0.2, 0.25) is 0 Å². The molecule has 0 spiro atoms. The largest absolute Gasteiger partial charge is 0.335 e. The fraction of sp³-hybridized carbons (Fsp3) is 0.529.